The van der Waals surface area contributed by atoms with Gasteiger partial charge in [0.15, 0.2) is 11.5 Å². The Labute approximate surface area is 176 Å². The largest absolute Gasteiger partial charge is 0.493 e. The van der Waals surface area contributed by atoms with Crippen molar-refractivity contribution in [2.45, 2.75) is 18.8 Å². The SMILES string of the molecule is COc1cc(CCNC=O)c(C(CSC)Cc2c[nH]c3ccccc23)cc1OC. The molecule has 1 atom stereocenters. The minimum absolute atomic E-state index is 0.315. The molecule has 1 unspecified atom stereocenters. The Morgan fingerprint density at radius 2 is 1.90 bits per heavy atom. The van der Waals surface area contributed by atoms with E-state index in [-0.39, 0.29) is 0 Å². The molecule has 0 aliphatic carbocycles. The van der Waals surface area contributed by atoms with Crippen molar-refractivity contribution < 1.29 is 14.3 Å². The minimum Gasteiger partial charge on any atom is -0.493 e. The van der Waals surface area contributed by atoms with Crippen LogP contribution < -0.4 is 14.8 Å². The number of para-hydroxylation sites is 1. The highest BCUT2D eigenvalue weighted by Gasteiger charge is 2.20. The molecular weight excluding hydrogens is 384 g/mol. The maximum atomic E-state index is 10.7. The Hall–Kier alpha value is -2.60. The predicted molar refractivity (Wildman–Crippen MR) is 120 cm³/mol. The number of fused-ring (bicyclic) bond motifs is 1. The number of benzene rings is 2. The highest BCUT2D eigenvalue weighted by atomic mass is 32.2. The van der Waals surface area contributed by atoms with E-state index in [1.165, 1.54) is 22.1 Å². The Morgan fingerprint density at radius 3 is 2.62 bits per heavy atom. The van der Waals surface area contributed by atoms with Gasteiger partial charge in [0.05, 0.1) is 14.2 Å². The lowest BCUT2D eigenvalue weighted by Gasteiger charge is -2.22. The van der Waals surface area contributed by atoms with Gasteiger partial charge in [-0.2, -0.15) is 11.8 Å². The molecule has 0 aliphatic heterocycles. The minimum atomic E-state index is 0.315. The second-order valence-corrected chi connectivity index (χ2v) is 7.85. The van der Waals surface area contributed by atoms with Crippen molar-refractivity contribution in [1.29, 1.82) is 0 Å². The lowest BCUT2D eigenvalue weighted by Crippen LogP contribution is -2.17. The molecule has 29 heavy (non-hydrogen) atoms. The number of aromatic nitrogens is 1. The fourth-order valence-corrected chi connectivity index (χ4v) is 4.52. The molecule has 1 aromatic heterocycles. The highest BCUT2D eigenvalue weighted by Crippen LogP contribution is 2.37. The molecule has 3 aromatic rings. The van der Waals surface area contributed by atoms with E-state index in [2.05, 4.69) is 53.1 Å². The van der Waals surface area contributed by atoms with Crippen molar-refractivity contribution in [3.63, 3.8) is 0 Å². The second kappa shape index (κ2) is 10.3. The predicted octanol–water partition coefficient (Wildman–Crippen LogP) is 4.16. The zero-order valence-corrected chi connectivity index (χ0v) is 18.0. The second-order valence-electron chi connectivity index (χ2n) is 6.94. The number of carbonyl (C=O) groups is 1. The molecular formula is C23H28N2O3S. The van der Waals surface area contributed by atoms with Gasteiger partial charge in [0.1, 0.15) is 0 Å². The standard InChI is InChI=1S/C23H28N2O3S/c1-27-22-11-16(8-9-24-15-26)20(12-23(22)28-2)18(14-29-3)10-17-13-25-21-7-5-4-6-19(17)21/h4-7,11-13,15,18,25H,8-10,14H2,1-3H3,(H,24,26). The molecule has 5 nitrogen and oxygen atoms in total. The number of nitrogens with one attached hydrogen (secondary N) is 2. The molecule has 0 fully saturated rings. The van der Waals surface area contributed by atoms with Crippen LogP contribution in [-0.4, -0.2) is 44.2 Å². The number of ether oxygens (including phenoxy) is 2. The van der Waals surface area contributed by atoms with E-state index in [4.69, 9.17) is 9.47 Å². The van der Waals surface area contributed by atoms with Crippen molar-refractivity contribution in [2.24, 2.45) is 0 Å². The molecule has 0 saturated carbocycles. The first-order chi connectivity index (χ1) is 14.2. The van der Waals surface area contributed by atoms with Crippen LogP contribution in [0.5, 0.6) is 11.5 Å². The van der Waals surface area contributed by atoms with Crippen LogP contribution in [-0.2, 0) is 17.6 Å². The third kappa shape index (κ3) is 4.88. The zero-order chi connectivity index (χ0) is 20.6. The van der Waals surface area contributed by atoms with Crippen LogP contribution in [0.1, 0.15) is 22.6 Å². The van der Waals surface area contributed by atoms with Crippen molar-refractivity contribution in [2.75, 3.05) is 32.8 Å². The summed E-state index contributed by atoms with van der Waals surface area (Å²) in [4.78, 5) is 14.1. The number of aromatic amines is 1. The van der Waals surface area contributed by atoms with E-state index in [0.29, 0.717) is 18.2 Å². The number of rotatable bonds is 11. The zero-order valence-electron chi connectivity index (χ0n) is 17.2. The van der Waals surface area contributed by atoms with Gasteiger partial charge in [-0.1, -0.05) is 18.2 Å². The molecule has 154 valence electrons. The summed E-state index contributed by atoms with van der Waals surface area (Å²) < 4.78 is 11.1. The molecule has 2 N–H and O–H groups in total. The number of carbonyl (C=O) groups excluding carboxylic acids is 1. The van der Waals surface area contributed by atoms with Gasteiger partial charge in [-0.15, -0.1) is 0 Å². The molecule has 0 saturated heterocycles. The lowest BCUT2D eigenvalue weighted by molar-refractivity contribution is -0.109. The molecule has 0 spiro atoms. The van der Waals surface area contributed by atoms with Gasteiger partial charge in [-0.25, -0.2) is 0 Å². The van der Waals surface area contributed by atoms with Crippen molar-refractivity contribution in [3.8, 4) is 11.5 Å². The molecule has 1 heterocycles. The van der Waals surface area contributed by atoms with Crippen LogP contribution in [0, 0.1) is 0 Å². The average Bonchev–Trinajstić information content (AvgIpc) is 3.16. The van der Waals surface area contributed by atoms with Crippen molar-refractivity contribution >= 4 is 29.1 Å². The van der Waals surface area contributed by atoms with Gasteiger partial charge in [0, 0.05) is 29.4 Å². The summed E-state index contributed by atoms with van der Waals surface area (Å²) in [5, 5.41) is 4.03. The summed E-state index contributed by atoms with van der Waals surface area (Å²) in [7, 11) is 3.31. The first-order valence-corrected chi connectivity index (χ1v) is 11.1. The summed E-state index contributed by atoms with van der Waals surface area (Å²) in [6, 6.07) is 12.6. The fourth-order valence-electron chi connectivity index (χ4n) is 3.82. The Kier molecular flexibility index (Phi) is 7.47. The first kappa shape index (κ1) is 21.1. The summed E-state index contributed by atoms with van der Waals surface area (Å²) in [6.07, 6.45) is 6.66. The monoisotopic (exact) mass is 412 g/mol. The van der Waals surface area contributed by atoms with Crippen LogP contribution in [0.3, 0.4) is 0 Å². The smallest absolute Gasteiger partial charge is 0.207 e. The van der Waals surface area contributed by atoms with Crippen LogP contribution in [0.15, 0.2) is 42.6 Å². The van der Waals surface area contributed by atoms with Gasteiger partial charge in [-0.05, 0) is 59.9 Å². The van der Waals surface area contributed by atoms with Crippen LogP contribution in [0.4, 0.5) is 0 Å². The average molecular weight is 413 g/mol. The van der Waals surface area contributed by atoms with Gasteiger partial charge in [0.2, 0.25) is 6.41 Å². The van der Waals surface area contributed by atoms with E-state index < -0.39 is 0 Å². The van der Waals surface area contributed by atoms with Crippen molar-refractivity contribution in [1.82, 2.24) is 10.3 Å². The topological polar surface area (TPSA) is 63.3 Å². The molecule has 1 amide bonds. The molecule has 0 radical (unpaired) electrons. The van der Waals surface area contributed by atoms with E-state index in [1.807, 2.05) is 17.8 Å². The molecule has 0 bridgehead atoms. The molecule has 2 aromatic carbocycles. The maximum Gasteiger partial charge on any atom is 0.207 e. The number of thioether (sulfide) groups is 1. The number of amides is 1. The molecule has 3 rings (SSSR count). The Morgan fingerprint density at radius 1 is 1.14 bits per heavy atom. The van der Waals surface area contributed by atoms with Crippen LogP contribution in [0.2, 0.25) is 0 Å². The number of hydrogen-bond donors (Lipinski definition) is 2. The summed E-state index contributed by atoms with van der Waals surface area (Å²) in [6.45, 7) is 0.588. The van der Waals surface area contributed by atoms with Crippen molar-refractivity contribution in [3.05, 3.63) is 59.3 Å². The van der Waals surface area contributed by atoms with E-state index in [0.717, 1.165) is 36.3 Å². The first-order valence-electron chi connectivity index (χ1n) is 9.67. The van der Waals surface area contributed by atoms with Gasteiger partial charge in [0.25, 0.3) is 0 Å². The van der Waals surface area contributed by atoms with Crippen LogP contribution >= 0.6 is 11.8 Å². The van der Waals surface area contributed by atoms with Gasteiger partial charge >= 0.3 is 0 Å². The summed E-state index contributed by atoms with van der Waals surface area (Å²) >= 11 is 1.84. The third-order valence-corrected chi connectivity index (χ3v) is 5.95. The fraction of sp³-hybridized carbons (Fsp3) is 0.348. The summed E-state index contributed by atoms with van der Waals surface area (Å²) in [5.74, 6) is 2.76. The Bertz CT molecular complexity index is 954. The van der Waals surface area contributed by atoms with E-state index in [9.17, 15) is 4.79 Å². The normalized spacial score (nSPS) is 12.0. The van der Waals surface area contributed by atoms with Gasteiger partial charge in [-0.3, -0.25) is 4.79 Å². The number of methoxy groups -OCH3 is 2. The lowest BCUT2D eigenvalue weighted by atomic mass is 9.88. The molecule has 6 heteroatoms. The van der Waals surface area contributed by atoms with E-state index in [1.54, 1.807) is 14.2 Å². The number of hydrogen-bond acceptors (Lipinski definition) is 4. The van der Waals surface area contributed by atoms with Crippen LogP contribution in [0.25, 0.3) is 10.9 Å². The van der Waals surface area contributed by atoms with Gasteiger partial charge < -0.3 is 19.8 Å². The molecule has 0 aliphatic rings. The number of H-pyrrole nitrogens is 1. The maximum absolute atomic E-state index is 10.7. The highest BCUT2D eigenvalue weighted by molar-refractivity contribution is 7.98. The van der Waals surface area contributed by atoms with E-state index >= 15 is 0 Å². The summed E-state index contributed by atoms with van der Waals surface area (Å²) in [5.41, 5.74) is 4.89. The third-order valence-electron chi connectivity index (χ3n) is 5.22. The quantitative estimate of drug-likeness (QED) is 0.367. The Balaban J connectivity index is 2.00.